The Hall–Kier alpha value is -1.77. The maximum atomic E-state index is 11.8. The number of benzene rings is 1. The van der Waals surface area contributed by atoms with E-state index in [0.717, 1.165) is 17.7 Å². The molecule has 3 heteroatoms. The smallest absolute Gasteiger partial charge is 0.415 e. The third kappa shape index (κ3) is 1.82. The fourth-order valence-corrected chi connectivity index (χ4v) is 2.09. The van der Waals surface area contributed by atoms with E-state index < -0.39 is 5.60 Å². The predicted octanol–water partition coefficient (Wildman–Crippen LogP) is 3.28. The zero-order chi connectivity index (χ0) is 12.5. The lowest BCUT2D eigenvalue weighted by molar-refractivity contribution is 0.0802. The van der Waals surface area contributed by atoms with Crippen molar-refractivity contribution in [3.8, 4) is 0 Å². The molecule has 0 bridgehead atoms. The molecule has 1 unspecified atom stereocenters. The van der Waals surface area contributed by atoms with Crippen LogP contribution in [0, 0.1) is 0 Å². The molecule has 1 saturated heterocycles. The first kappa shape index (κ1) is 11.7. The number of amides is 1. The van der Waals surface area contributed by atoms with Gasteiger partial charge in [-0.1, -0.05) is 43.8 Å². The van der Waals surface area contributed by atoms with Crippen LogP contribution in [0.4, 0.5) is 4.79 Å². The van der Waals surface area contributed by atoms with Crippen LogP contribution in [0.15, 0.2) is 42.6 Å². The summed E-state index contributed by atoms with van der Waals surface area (Å²) in [4.78, 5) is 13.4. The van der Waals surface area contributed by atoms with Gasteiger partial charge in [0.05, 0.1) is 5.70 Å². The molecule has 3 nitrogen and oxygen atoms in total. The first-order valence-electron chi connectivity index (χ1n) is 5.85. The molecule has 1 fully saturated rings. The summed E-state index contributed by atoms with van der Waals surface area (Å²) in [6.07, 6.45) is 0.585. The molecule has 1 heterocycles. The first-order valence-corrected chi connectivity index (χ1v) is 5.85. The normalized spacial score (nSPS) is 24.0. The lowest BCUT2D eigenvalue weighted by atomic mass is 9.93. The van der Waals surface area contributed by atoms with E-state index in [-0.39, 0.29) is 6.09 Å². The number of cyclic esters (lactones) is 1. The van der Waals surface area contributed by atoms with Crippen molar-refractivity contribution in [2.45, 2.75) is 25.9 Å². The molecule has 2 rings (SSSR count). The number of nitrogens with zero attached hydrogens (tertiary/aromatic N) is 1. The summed E-state index contributed by atoms with van der Waals surface area (Å²) in [6, 6.07) is 9.71. The van der Waals surface area contributed by atoms with Crippen molar-refractivity contribution >= 4 is 6.09 Å². The van der Waals surface area contributed by atoms with Crippen molar-refractivity contribution in [2.24, 2.45) is 0 Å². The molecule has 0 aromatic heterocycles. The van der Waals surface area contributed by atoms with Gasteiger partial charge in [-0.15, -0.1) is 0 Å². The van der Waals surface area contributed by atoms with Crippen molar-refractivity contribution in [2.75, 3.05) is 6.54 Å². The van der Waals surface area contributed by atoms with Gasteiger partial charge < -0.3 is 4.74 Å². The van der Waals surface area contributed by atoms with Crippen LogP contribution in [0.2, 0.25) is 0 Å². The standard InChI is InChI=1S/C14H17NO2/c1-4-10-15-11(2)14(3,17-13(15)16)12-8-6-5-7-9-12/h5-9H,2,4,10H2,1,3H3. The fraction of sp³-hybridized carbons (Fsp3) is 0.357. The lowest BCUT2D eigenvalue weighted by Gasteiger charge is -2.24. The highest BCUT2D eigenvalue weighted by molar-refractivity contribution is 5.75. The van der Waals surface area contributed by atoms with Gasteiger partial charge in [0, 0.05) is 12.1 Å². The highest BCUT2D eigenvalue weighted by atomic mass is 16.6. The van der Waals surface area contributed by atoms with Gasteiger partial charge >= 0.3 is 6.09 Å². The van der Waals surface area contributed by atoms with E-state index >= 15 is 0 Å². The van der Waals surface area contributed by atoms with Gasteiger partial charge in [-0.05, 0) is 13.3 Å². The highest BCUT2D eigenvalue weighted by Crippen LogP contribution is 2.40. The summed E-state index contributed by atoms with van der Waals surface area (Å²) in [5, 5.41) is 0. The molecule has 0 spiro atoms. The van der Waals surface area contributed by atoms with Crippen molar-refractivity contribution in [1.29, 1.82) is 0 Å². The molecule has 1 amide bonds. The molecular formula is C14H17NO2. The quantitative estimate of drug-likeness (QED) is 0.799. The van der Waals surface area contributed by atoms with Crippen LogP contribution in [-0.4, -0.2) is 17.5 Å². The van der Waals surface area contributed by atoms with E-state index in [2.05, 4.69) is 6.58 Å². The van der Waals surface area contributed by atoms with Crippen LogP contribution < -0.4 is 0 Å². The monoisotopic (exact) mass is 231 g/mol. The van der Waals surface area contributed by atoms with Crippen molar-refractivity contribution < 1.29 is 9.53 Å². The van der Waals surface area contributed by atoms with Gasteiger partial charge in [-0.25, -0.2) is 4.79 Å². The zero-order valence-electron chi connectivity index (χ0n) is 10.3. The van der Waals surface area contributed by atoms with Gasteiger partial charge in [0.2, 0.25) is 0 Å². The van der Waals surface area contributed by atoms with Gasteiger partial charge in [0.1, 0.15) is 0 Å². The summed E-state index contributed by atoms with van der Waals surface area (Å²) in [5.74, 6) is 0. The summed E-state index contributed by atoms with van der Waals surface area (Å²) in [5.41, 5.74) is 0.945. The number of ether oxygens (including phenoxy) is 1. The van der Waals surface area contributed by atoms with Crippen molar-refractivity contribution in [3.63, 3.8) is 0 Å². The number of carbonyl (C=O) groups is 1. The summed E-state index contributed by atoms with van der Waals surface area (Å²) in [6.45, 7) is 8.58. The number of hydrogen-bond acceptors (Lipinski definition) is 2. The van der Waals surface area contributed by atoms with E-state index in [9.17, 15) is 4.79 Å². The van der Waals surface area contributed by atoms with Crippen molar-refractivity contribution in [1.82, 2.24) is 4.90 Å². The molecule has 1 aromatic carbocycles. The first-order chi connectivity index (χ1) is 8.09. The average molecular weight is 231 g/mol. The van der Waals surface area contributed by atoms with Crippen LogP contribution in [0.3, 0.4) is 0 Å². The summed E-state index contributed by atoms with van der Waals surface area (Å²) >= 11 is 0. The Morgan fingerprint density at radius 1 is 1.35 bits per heavy atom. The largest absolute Gasteiger partial charge is 0.431 e. The second kappa shape index (κ2) is 4.24. The molecule has 1 atom stereocenters. The van der Waals surface area contributed by atoms with E-state index in [1.54, 1.807) is 4.90 Å². The molecule has 0 saturated carbocycles. The van der Waals surface area contributed by atoms with Gasteiger partial charge in [-0.3, -0.25) is 4.90 Å². The number of hydrogen-bond donors (Lipinski definition) is 0. The van der Waals surface area contributed by atoms with Crippen LogP contribution in [-0.2, 0) is 10.3 Å². The maximum absolute atomic E-state index is 11.8. The maximum Gasteiger partial charge on any atom is 0.415 e. The predicted molar refractivity (Wildman–Crippen MR) is 66.4 cm³/mol. The van der Waals surface area contributed by atoms with Crippen LogP contribution in [0.25, 0.3) is 0 Å². The minimum atomic E-state index is -0.729. The van der Waals surface area contributed by atoms with E-state index in [0.29, 0.717) is 6.54 Å². The van der Waals surface area contributed by atoms with Gasteiger partial charge in [0.15, 0.2) is 5.60 Å². The Morgan fingerprint density at radius 3 is 2.59 bits per heavy atom. The Labute approximate surface area is 102 Å². The average Bonchev–Trinajstić information content (AvgIpc) is 2.56. The molecule has 90 valence electrons. The van der Waals surface area contributed by atoms with E-state index in [1.807, 2.05) is 44.2 Å². The van der Waals surface area contributed by atoms with Crippen LogP contribution >= 0.6 is 0 Å². The van der Waals surface area contributed by atoms with Gasteiger partial charge in [-0.2, -0.15) is 0 Å². The molecule has 1 aliphatic rings. The fourth-order valence-electron chi connectivity index (χ4n) is 2.09. The molecular weight excluding hydrogens is 214 g/mol. The van der Waals surface area contributed by atoms with E-state index in [4.69, 9.17) is 4.74 Å². The minimum Gasteiger partial charge on any atom is -0.431 e. The number of rotatable bonds is 3. The molecule has 1 aromatic rings. The van der Waals surface area contributed by atoms with Crippen molar-refractivity contribution in [3.05, 3.63) is 48.2 Å². The Balaban J connectivity index is 2.35. The molecule has 17 heavy (non-hydrogen) atoms. The summed E-state index contributed by atoms with van der Waals surface area (Å²) < 4.78 is 5.50. The number of carbonyl (C=O) groups excluding carboxylic acids is 1. The minimum absolute atomic E-state index is 0.303. The van der Waals surface area contributed by atoms with Crippen LogP contribution in [0.5, 0.6) is 0 Å². The highest BCUT2D eigenvalue weighted by Gasteiger charge is 2.46. The second-order valence-corrected chi connectivity index (χ2v) is 4.37. The molecule has 0 aliphatic carbocycles. The van der Waals surface area contributed by atoms with Crippen LogP contribution in [0.1, 0.15) is 25.8 Å². The summed E-state index contributed by atoms with van der Waals surface area (Å²) in [7, 11) is 0. The topological polar surface area (TPSA) is 29.5 Å². The van der Waals surface area contributed by atoms with Gasteiger partial charge in [0.25, 0.3) is 0 Å². The second-order valence-electron chi connectivity index (χ2n) is 4.37. The third-order valence-electron chi connectivity index (χ3n) is 3.16. The third-order valence-corrected chi connectivity index (χ3v) is 3.16. The Kier molecular flexibility index (Phi) is 2.92. The van der Waals surface area contributed by atoms with E-state index in [1.165, 1.54) is 0 Å². The molecule has 0 radical (unpaired) electrons. The molecule has 0 N–H and O–H groups in total. The lowest BCUT2D eigenvalue weighted by Crippen LogP contribution is -2.26. The SMILES string of the molecule is C=C1N(CCC)C(=O)OC1(C)c1ccccc1. The Morgan fingerprint density at radius 2 is 2.00 bits per heavy atom. The Bertz CT molecular complexity index is 441. The zero-order valence-corrected chi connectivity index (χ0v) is 10.3. The molecule has 1 aliphatic heterocycles.